The molecule has 21 heavy (non-hydrogen) atoms. The van der Waals surface area contributed by atoms with Crippen LogP contribution in [0.3, 0.4) is 0 Å². The highest BCUT2D eigenvalue weighted by molar-refractivity contribution is 5.82. The summed E-state index contributed by atoms with van der Waals surface area (Å²) in [6, 6.07) is 11.0. The van der Waals surface area contributed by atoms with Gasteiger partial charge in [-0.05, 0) is 56.8 Å². The smallest absolute Gasteiger partial charge is 0.0705 e. The van der Waals surface area contributed by atoms with Crippen LogP contribution in [0, 0.1) is 0 Å². The normalized spacial score (nSPS) is 20.0. The second kappa shape index (κ2) is 7.01. The molecule has 1 N–H and O–H groups in total. The maximum atomic E-state index is 5.71. The molecule has 1 aromatic carbocycles. The Bertz CT molecular complexity index is 573. The monoisotopic (exact) mass is 284 g/mol. The molecule has 0 aliphatic carbocycles. The van der Waals surface area contributed by atoms with E-state index in [2.05, 4.69) is 34.6 Å². The highest BCUT2D eigenvalue weighted by Gasteiger charge is 2.17. The summed E-state index contributed by atoms with van der Waals surface area (Å²) in [6.45, 7) is 0.953. The van der Waals surface area contributed by atoms with Crippen molar-refractivity contribution in [2.24, 2.45) is 0 Å². The van der Waals surface area contributed by atoms with Crippen LogP contribution in [0.15, 0.2) is 36.5 Å². The van der Waals surface area contributed by atoms with Gasteiger partial charge in [-0.2, -0.15) is 0 Å². The van der Waals surface area contributed by atoms with Crippen molar-refractivity contribution >= 4 is 10.9 Å². The average Bonchev–Trinajstić information content (AvgIpc) is 3.05. The van der Waals surface area contributed by atoms with Crippen LogP contribution < -0.4 is 5.32 Å². The van der Waals surface area contributed by atoms with E-state index in [4.69, 9.17) is 4.74 Å². The van der Waals surface area contributed by atoms with Gasteiger partial charge in [0.25, 0.3) is 0 Å². The van der Waals surface area contributed by atoms with Crippen molar-refractivity contribution in [3.8, 4) is 0 Å². The Morgan fingerprint density at radius 3 is 3.10 bits per heavy atom. The summed E-state index contributed by atoms with van der Waals surface area (Å²) >= 11 is 0. The zero-order valence-electron chi connectivity index (χ0n) is 12.7. The highest BCUT2D eigenvalue weighted by Crippen LogP contribution is 2.27. The summed E-state index contributed by atoms with van der Waals surface area (Å²) in [5, 5.41) is 4.73. The van der Waals surface area contributed by atoms with Crippen LogP contribution in [0.1, 0.15) is 43.7 Å². The Kier molecular flexibility index (Phi) is 4.84. The number of fused-ring (bicyclic) bond motifs is 1. The van der Waals surface area contributed by atoms with Gasteiger partial charge in [0.05, 0.1) is 11.6 Å². The third-order valence-electron chi connectivity index (χ3n) is 4.45. The Balaban J connectivity index is 1.69. The average molecular weight is 284 g/mol. The first-order valence-corrected chi connectivity index (χ1v) is 8.01. The fourth-order valence-corrected chi connectivity index (χ4v) is 3.31. The summed E-state index contributed by atoms with van der Waals surface area (Å²) < 4.78 is 5.71. The van der Waals surface area contributed by atoms with Crippen LogP contribution >= 0.6 is 0 Å². The SMILES string of the molecule is CNC(CCCC1CCCO1)c1cccc2ncccc12. The van der Waals surface area contributed by atoms with Gasteiger partial charge in [0.15, 0.2) is 0 Å². The molecular weight excluding hydrogens is 260 g/mol. The quantitative estimate of drug-likeness (QED) is 0.875. The molecule has 2 aromatic rings. The lowest BCUT2D eigenvalue weighted by molar-refractivity contribution is 0.101. The predicted molar refractivity (Wildman–Crippen MR) is 86.4 cm³/mol. The van der Waals surface area contributed by atoms with Gasteiger partial charge in [-0.15, -0.1) is 0 Å². The van der Waals surface area contributed by atoms with Crippen LogP contribution in [0.4, 0.5) is 0 Å². The molecule has 0 radical (unpaired) electrons. The molecular formula is C18H24N2O. The fraction of sp³-hybridized carbons (Fsp3) is 0.500. The molecule has 3 heteroatoms. The summed E-state index contributed by atoms with van der Waals surface area (Å²) in [7, 11) is 2.05. The van der Waals surface area contributed by atoms with Gasteiger partial charge in [-0.3, -0.25) is 4.98 Å². The van der Waals surface area contributed by atoms with Gasteiger partial charge < -0.3 is 10.1 Å². The number of hydrogen-bond donors (Lipinski definition) is 1. The maximum Gasteiger partial charge on any atom is 0.0705 e. The molecule has 1 fully saturated rings. The van der Waals surface area contributed by atoms with Crippen molar-refractivity contribution < 1.29 is 4.74 Å². The van der Waals surface area contributed by atoms with Crippen LogP contribution in [0.25, 0.3) is 10.9 Å². The molecule has 0 saturated carbocycles. The van der Waals surface area contributed by atoms with E-state index < -0.39 is 0 Å². The van der Waals surface area contributed by atoms with Crippen LogP contribution in [0.2, 0.25) is 0 Å². The molecule has 112 valence electrons. The molecule has 1 aromatic heterocycles. The van der Waals surface area contributed by atoms with Gasteiger partial charge >= 0.3 is 0 Å². The van der Waals surface area contributed by atoms with Gasteiger partial charge in [-0.25, -0.2) is 0 Å². The summed E-state index contributed by atoms with van der Waals surface area (Å²) in [5.74, 6) is 0. The van der Waals surface area contributed by atoms with E-state index in [0.29, 0.717) is 12.1 Å². The second-order valence-electron chi connectivity index (χ2n) is 5.82. The van der Waals surface area contributed by atoms with Crippen molar-refractivity contribution in [1.82, 2.24) is 10.3 Å². The van der Waals surface area contributed by atoms with E-state index in [9.17, 15) is 0 Å². The number of pyridine rings is 1. The Labute approximate surface area is 126 Å². The van der Waals surface area contributed by atoms with E-state index in [1.54, 1.807) is 0 Å². The zero-order chi connectivity index (χ0) is 14.5. The van der Waals surface area contributed by atoms with Crippen LogP contribution in [-0.4, -0.2) is 24.7 Å². The maximum absolute atomic E-state index is 5.71. The van der Waals surface area contributed by atoms with Crippen molar-refractivity contribution in [3.05, 3.63) is 42.1 Å². The lowest BCUT2D eigenvalue weighted by Gasteiger charge is -2.19. The van der Waals surface area contributed by atoms with Gasteiger partial charge in [-0.1, -0.05) is 18.2 Å². The van der Waals surface area contributed by atoms with E-state index >= 15 is 0 Å². The standard InChI is InChI=1S/C18H24N2O/c1-19-17(10-2-6-14-7-5-13-21-14)15-8-3-11-18-16(15)9-4-12-20-18/h3-4,8-9,11-12,14,17,19H,2,5-7,10,13H2,1H3. The van der Waals surface area contributed by atoms with Gasteiger partial charge in [0, 0.05) is 24.2 Å². The number of rotatable bonds is 6. The molecule has 1 saturated heterocycles. The van der Waals surface area contributed by atoms with Crippen molar-refractivity contribution in [2.75, 3.05) is 13.7 Å². The minimum Gasteiger partial charge on any atom is -0.378 e. The van der Waals surface area contributed by atoms with Crippen LogP contribution in [-0.2, 0) is 4.74 Å². The summed E-state index contributed by atoms with van der Waals surface area (Å²) in [4.78, 5) is 4.45. The molecule has 3 nitrogen and oxygen atoms in total. The Hall–Kier alpha value is -1.45. The third-order valence-corrected chi connectivity index (χ3v) is 4.45. The third kappa shape index (κ3) is 3.42. The fourth-order valence-electron chi connectivity index (χ4n) is 3.31. The number of hydrogen-bond acceptors (Lipinski definition) is 3. The molecule has 3 rings (SSSR count). The topological polar surface area (TPSA) is 34.1 Å². The molecule has 2 atom stereocenters. The summed E-state index contributed by atoms with van der Waals surface area (Å²) in [5.41, 5.74) is 2.44. The van der Waals surface area contributed by atoms with E-state index in [1.165, 1.54) is 36.6 Å². The molecule has 1 aliphatic heterocycles. The molecule has 0 spiro atoms. The largest absolute Gasteiger partial charge is 0.378 e. The second-order valence-corrected chi connectivity index (χ2v) is 5.82. The molecule has 0 bridgehead atoms. The molecule has 2 heterocycles. The van der Waals surface area contributed by atoms with Crippen molar-refractivity contribution in [3.63, 3.8) is 0 Å². The van der Waals surface area contributed by atoms with Gasteiger partial charge in [0.2, 0.25) is 0 Å². The summed E-state index contributed by atoms with van der Waals surface area (Å²) in [6.07, 6.45) is 8.35. The van der Waals surface area contributed by atoms with E-state index in [0.717, 1.165) is 18.5 Å². The number of aromatic nitrogens is 1. The zero-order valence-corrected chi connectivity index (χ0v) is 12.7. The lowest BCUT2D eigenvalue weighted by atomic mass is 9.96. The molecule has 0 amide bonds. The van der Waals surface area contributed by atoms with Crippen molar-refractivity contribution in [1.29, 1.82) is 0 Å². The Morgan fingerprint density at radius 2 is 2.29 bits per heavy atom. The Morgan fingerprint density at radius 1 is 1.33 bits per heavy atom. The lowest BCUT2D eigenvalue weighted by Crippen LogP contribution is -2.17. The van der Waals surface area contributed by atoms with Gasteiger partial charge in [0.1, 0.15) is 0 Å². The minimum atomic E-state index is 0.388. The number of benzene rings is 1. The number of nitrogens with zero attached hydrogens (tertiary/aromatic N) is 1. The van der Waals surface area contributed by atoms with E-state index in [1.807, 2.05) is 19.3 Å². The minimum absolute atomic E-state index is 0.388. The number of nitrogens with one attached hydrogen (secondary N) is 1. The van der Waals surface area contributed by atoms with E-state index in [-0.39, 0.29) is 0 Å². The molecule has 1 aliphatic rings. The van der Waals surface area contributed by atoms with Crippen LogP contribution in [0.5, 0.6) is 0 Å². The van der Waals surface area contributed by atoms with Crippen molar-refractivity contribution in [2.45, 2.75) is 44.2 Å². The highest BCUT2D eigenvalue weighted by atomic mass is 16.5. The first kappa shape index (κ1) is 14.5. The first-order chi connectivity index (χ1) is 10.4. The molecule has 2 unspecified atom stereocenters. The first-order valence-electron chi connectivity index (χ1n) is 8.01. The predicted octanol–water partition coefficient (Wildman–Crippen LogP) is 3.84. The number of ether oxygens (including phenoxy) is 1.